The maximum Gasteiger partial charge on any atom is 0.244 e. The van der Waals surface area contributed by atoms with Crippen LogP contribution >= 0.6 is 11.6 Å². The van der Waals surface area contributed by atoms with Crippen LogP contribution < -0.4 is 14.4 Å². The summed E-state index contributed by atoms with van der Waals surface area (Å²) >= 11 is 6.15. The van der Waals surface area contributed by atoms with Crippen molar-refractivity contribution in [2.75, 3.05) is 24.2 Å². The Bertz CT molecular complexity index is 1210. The smallest absolute Gasteiger partial charge is 0.244 e. The number of nitrogens with one attached hydrogen (secondary N) is 1. The fourth-order valence-corrected chi connectivity index (χ4v) is 5.59. The van der Waals surface area contributed by atoms with Gasteiger partial charge in [0.2, 0.25) is 21.8 Å². The van der Waals surface area contributed by atoms with Crippen LogP contribution in [0.15, 0.2) is 42.5 Å². The van der Waals surface area contributed by atoms with Crippen molar-refractivity contribution < 1.29 is 22.7 Å². The number of sulfonamides is 1. The number of aryl methyl sites for hydroxylation is 1. The molecule has 1 N–H and O–H groups in total. The summed E-state index contributed by atoms with van der Waals surface area (Å²) in [6.07, 6.45) is 6.15. The average Bonchev–Trinajstić information content (AvgIpc) is 2.86. The van der Waals surface area contributed by atoms with Crippen LogP contribution in [0.2, 0.25) is 5.02 Å². The van der Waals surface area contributed by atoms with E-state index < -0.39 is 28.5 Å². The topological polar surface area (TPSA) is 96.0 Å². The van der Waals surface area contributed by atoms with E-state index in [0.29, 0.717) is 5.02 Å². The Labute approximate surface area is 225 Å². The van der Waals surface area contributed by atoms with Gasteiger partial charge in [0.1, 0.15) is 18.3 Å². The summed E-state index contributed by atoms with van der Waals surface area (Å²) in [6, 6.07) is 11.5. The summed E-state index contributed by atoms with van der Waals surface area (Å²) in [7, 11) is -2.49. The fraction of sp³-hybridized carbons (Fsp3) is 0.481. The molecular weight excluding hydrogens is 514 g/mol. The third kappa shape index (κ3) is 7.61. The summed E-state index contributed by atoms with van der Waals surface area (Å²) in [5.41, 5.74) is 2.00. The lowest BCUT2D eigenvalue weighted by Gasteiger charge is -2.33. The molecule has 1 aliphatic rings. The molecule has 37 heavy (non-hydrogen) atoms. The van der Waals surface area contributed by atoms with Crippen molar-refractivity contribution in [2.24, 2.45) is 0 Å². The van der Waals surface area contributed by atoms with Crippen LogP contribution in [0.3, 0.4) is 0 Å². The molecule has 0 aliphatic heterocycles. The fourth-order valence-electron chi connectivity index (χ4n) is 4.58. The molecule has 0 heterocycles. The van der Waals surface area contributed by atoms with E-state index in [9.17, 15) is 18.0 Å². The number of rotatable bonds is 10. The third-order valence-electron chi connectivity index (χ3n) is 6.81. The third-order valence-corrected chi connectivity index (χ3v) is 8.17. The van der Waals surface area contributed by atoms with Gasteiger partial charge in [-0.1, -0.05) is 55.1 Å². The van der Waals surface area contributed by atoms with Crippen molar-refractivity contribution in [3.05, 3.63) is 58.6 Å². The van der Waals surface area contributed by atoms with E-state index in [4.69, 9.17) is 16.3 Å². The van der Waals surface area contributed by atoms with Crippen molar-refractivity contribution in [1.29, 1.82) is 0 Å². The molecular formula is C27H36ClN3O5S. The monoisotopic (exact) mass is 549 g/mol. The number of carbonyl (C=O) groups excluding carboxylic acids is 2. The molecule has 202 valence electrons. The normalized spacial score (nSPS) is 15.1. The summed E-state index contributed by atoms with van der Waals surface area (Å²) in [5, 5.41) is 3.39. The Hall–Kier alpha value is -2.78. The summed E-state index contributed by atoms with van der Waals surface area (Å²) < 4.78 is 32.0. The SMILES string of the molecule is COc1ccc(Cl)cc1N(CC(=O)N(Cc1ccccc1C)C(C)C(=O)NC1CCCCC1)S(C)(=O)=O. The first-order chi connectivity index (χ1) is 17.5. The van der Waals surface area contributed by atoms with Crippen LogP contribution in [0.4, 0.5) is 5.69 Å². The van der Waals surface area contributed by atoms with E-state index in [2.05, 4.69) is 5.32 Å². The van der Waals surface area contributed by atoms with E-state index in [1.54, 1.807) is 19.1 Å². The number of hydrogen-bond acceptors (Lipinski definition) is 5. The van der Waals surface area contributed by atoms with Gasteiger partial charge in [0.15, 0.2) is 0 Å². The lowest BCUT2D eigenvalue weighted by molar-refractivity contribution is -0.139. The highest BCUT2D eigenvalue weighted by Crippen LogP contribution is 2.33. The second-order valence-electron chi connectivity index (χ2n) is 9.55. The van der Waals surface area contributed by atoms with Crippen LogP contribution in [0.1, 0.15) is 50.2 Å². The zero-order valence-corrected chi connectivity index (χ0v) is 23.4. The number of anilines is 1. The maximum absolute atomic E-state index is 13.8. The number of methoxy groups -OCH3 is 1. The molecule has 0 radical (unpaired) electrons. The van der Waals surface area contributed by atoms with Gasteiger partial charge in [0, 0.05) is 17.6 Å². The van der Waals surface area contributed by atoms with Gasteiger partial charge in [0.25, 0.3) is 0 Å². The molecule has 8 nitrogen and oxygen atoms in total. The van der Waals surface area contributed by atoms with Gasteiger partial charge in [-0.2, -0.15) is 0 Å². The predicted molar refractivity (Wildman–Crippen MR) is 146 cm³/mol. The molecule has 2 aromatic carbocycles. The quantitative estimate of drug-likeness (QED) is 0.477. The summed E-state index contributed by atoms with van der Waals surface area (Å²) in [5.74, 6) is -0.502. The molecule has 1 fully saturated rings. The summed E-state index contributed by atoms with van der Waals surface area (Å²) in [4.78, 5) is 28.5. The Morgan fingerprint density at radius 1 is 1.14 bits per heavy atom. The first kappa shape index (κ1) is 28.8. The van der Waals surface area contributed by atoms with Gasteiger partial charge in [-0.25, -0.2) is 8.42 Å². The molecule has 1 unspecified atom stereocenters. The molecule has 0 spiro atoms. The van der Waals surface area contributed by atoms with Crippen molar-refractivity contribution in [1.82, 2.24) is 10.2 Å². The van der Waals surface area contributed by atoms with Gasteiger partial charge in [-0.3, -0.25) is 13.9 Å². The molecule has 0 saturated heterocycles. The van der Waals surface area contributed by atoms with Gasteiger partial charge in [-0.15, -0.1) is 0 Å². The summed E-state index contributed by atoms with van der Waals surface area (Å²) in [6.45, 7) is 3.26. The first-order valence-electron chi connectivity index (χ1n) is 12.5. The molecule has 2 aromatic rings. The molecule has 10 heteroatoms. The number of carbonyl (C=O) groups is 2. The maximum atomic E-state index is 13.8. The van der Waals surface area contributed by atoms with Crippen LogP contribution in [-0.2, 0) is 26.2 Å². The lowest BCUT2D eigenvalue weighted by atomic mass is 9.95. The largest absolute Gasteiger partial charge is 0.495 e. The highest BCUT2D eigenvalue weighted by atomic mass is 35.5. The number of benzene rings is 2. The molecule has 1 saturated carbocycles. The number of halogens is 1. The first-order valence-corrected chi connectivity index (χ1v) is 14.7. The van der Waals surface area contributed by atoms with Crippen LogP contribution in [0.5, 0.6) is 5.75 Å². The number of hydrogen-bond donors (Lipinski definition) is 1. The van der Waals surface area contributed by atoms with Gasteiger partial charge in [0.05, 0.1) is 19.1 Å². The van der Waals surface area contributed by atoms with Crippen LogP contribution in [0, 0.1) is 6.92 Å². The van der Waals surface area contributed by atoms with Crippen LogP contribution in [-0.4, -0.2) is 57.1 Å². The zero-order chi connectivity index (χ0) is 27.2. The van der Waals surface area contributed by atoms with Crippen molar-refractivity contribution in [3.63, 3.8) is 0 Å². The van der Waals surface area contributed by atoms with E-state index in [1.165, 1.54) is 18.1 Å². The Morgan fingerprint density at radius 2 is 1.81 bits per heavy atom. The molecule has 3 rings (SSSR count). The zero-order valence-electron chi connectivity index (χ0n) is 21.9. The van der Waals surface area contributed by atoms with E-state index in [-0.39, 0.29) is 29.9 Å². The van der Waals surface area contributed by atoms with E-state index >= 15 is 0 Å². The van der Waals surface area contributed by atoms with Crippen molar-refractivity contribution in [2.45, 2.75) is 64.6 Å². The Balaban J connectivity index is 1.93. The van der Waals surface area contributed by atoms with Gasteiger partial charge in [-0.05, 0) is 56.0 Å². The molecule has 0 aromatic heterocycles. The Kier molecular flexibility index (Phi) is 9.84. The number of ether oxygens (including phenoxy) is 1. The molecule has 1 aliphatic carbocycles. The van der Waals surface area contributed by atoms with E-state index in [1.807, 2.05) is 31.2 Å². The van der Waals surface area contributed by atoms with Crippen LogP contribution in [0.25, 0.3) is 0 Å². The molecule has 1 atom stereocenters. The lowest BCUT2D eigenvalue weighted by Crippen LogP contribution is -2.53. The van der Waals surface area contributed by atoms with Crippen molar-refractivity contribution >= 4 is 39.1 Å². The minimum atomic E-state index is -3.90. The van der Waals surface area contributed by atoms with Crippen molar-refractivity contribution in [3.8, 4) is 5.75 Å². The minimum Gasteiger partial charge on any atom is -0.495 e. The van der Waals surface area contributed by atoms with E-state index in [0.717, 1.165) is 53.8 Å². The predicted octanol–water partition coefficient (Wildman–Crippen LogP) is 4.29. The molecule has 0 bridgehead atoms. The Morgan fingerprint density at radius 3 is 2.43 bits per heavy atom. The standard InChI is InChI=1S/C27H36ClN3O5S/c1-19-10-8-9-11-21(19)17-30(20(2)27(33)29-23-12-6-5-7-13-23)26(32)18-31(37(4,34)35)24-16-22(28)14-15-25(24)36-3/h8-11,14-16,20,23H,5-7,12-13,17-18H2,1-4H3,(H,29,33). The second-order valence-corrected chi connectivity index (χ2v) is 11.9. The molecule has 2 amide bonds. The van der Waals surface area contributed by atoms with Gasteiger partial charge >= 0.3 is 0 Å². The number of nitrogens with zero attached hydrogens (tertiary/aromatic N) is 2. The highest BCUT2D eigenvalue weighted by molar-refractivity contribution is 7.92. The highest BCUT2D eigenvalue weighted by Gasteiger charge is 2.32. The number of amides is 2. The van der Waals surface area contributed by atoms with Gasteiger partial charge < -0.3 is 15.0 Å². The average molecular weight is 550 g/mol. The minimum absolute atomic E-state index is 0.0855. The second kappa shape index (κ2) is 12.6.